The van der Waals surface area contributed by atoms with E-state index in [1.165, 1.54) is 0 Å². The molecule has 2 aliphatic heterocycles. The van der Waals surface area contributed by atoms with E-state index in [-0.39, 0.29) is 36.4 Å². The van der Waals surface area contributed by atoms with E-state index in [1.54, 1.807) is 88.6 Å². The number of hydrogen-bond acceptors (Lipinski definition) is 10. The number of nitrogens with zero attached hydrogens (tertiary/aromatic N) is 4. The number of aliphatic hydroxyl groups is 1. The summed E-state index contributed by atoms with van der Waals surface area (Å²) in [6.07, 6.45) is 2.12. The lowest BCUT2D eigenvalue weighted by Crippen LogP contribution is -2.46. The standard InChI is InChI=1S/C41H46N8O6Si/c1-25-37(56(2,3)54)36(18-20-48-24-33(19-21-50)46-47-48)55-41(25)34-22-32(45-39(52)28-8-12-30(43)13-9-28)16-17-35(34)49(40(41)53)23-26-4-14-31(15-5-26)44-38(51)27-6-10-29(42)11-7-27/h4-17,22,24-25,36-37,50,54H,18-21,23,42-43H2,1-3H3,(H,44,51)(H,45,52)/t25-,36+,37-,41+/m0/s1. The van der Waals surface area contributed by atoms with Crippen molar-refractivity contribution in [3.05, 3.63) is 125 Å². The summed E-state index contributed by atoms with van der Waals surface area (Å²) in [5.41, 5.74) is 15.6. The van der Waals surface area contributed by atoms with Crippen molar-refractivity contribution in [2.75, 3.05) is 33.6 Å². The zero-order valence-electron chi connectivity index (χ0n) is 31.5. The second kappa shape index (κ2) is 15.3. The molecule has 1 aromatic heterocycles. The predicted molar refractivity (Wildman–Crippen MR) is 216 cm³/mol. The van der Waals surface area contributed by atoms with Crippen LogP contribution in [0.4, 0.5) is 28.4 Å². The Morgan fingerprint density at radius 1 is 0.893 bits per heavy atom. The Labute approximate surface area is 325 Å². The van der Waals surface area contributed by atoms with E-state index in [4.69, 9.17) is 16.2 Å². The van der Waals surface area contributed by atoms with E-state index in [2.05, 4.69) is 20.9 Å². The number of aryl methyl sites for hydroxylation is 1. The molecule has 3 heterocycles. The molecule has 1 spiro atoms. The maximum atomic E-state index is 15.1. The second-order valence-corrected chi connectivity index (χ2v) is 19.0. The van der Waals surface area contributed by atoms with Gasteiger partial charge >= 0.3 is 0 Å². The first-order valence-corrected chi connectivity index (χ1v) is 21.6. The van der Waals surface area contributed by atoms with Gasteiger partial charge in [-0.05, 0) is 104 Å². The van der Waals surface area contributed by atoms with Crippen molar-refractivity contribution in [3.8, 4) is 0 Å². The molecule has 1 fully saturated rings. The van der Waals surface area contributed by atoms with Crippen molar-refractivity contribution in [1.82, 2.24) is 15.0 Å². The molecule has 7 rings (SSSR count). The summed E-state index contributed by atoms with van der Waals surface area (Å²) in [5.74, 6) is -1.31. The lowest BCUT2D eigenvalue weighted by atomic mass is 9.82. The van der Waals surface area contributed by atoms with Gasteiger partial charge in [-0.2, -0.15) is 0 Å². The van der Waals surface area contributed by atoms with Gasteiger partial charge in [-0.1, -0.05) is 24.3 Å². The normalized spacial score (nSPS) is 20.3. The van der Waals surface area contributed by atoms with E-state index in [1.807, 2.05) is 38.2 Å². The molecular weight excluding hydrogens is 729 g/mol. The summed E-state index contributed by atoms with van der Waals surface area (Å²) in [6.45, 7) is 6.29. The fraction of sp³-hybridized carbons (Fsp3) is 0.293. The number of benzene rings is 4. The van der Waals surface area contributed by atoms with Crippen molar-refractivity contribution in [2.24, 2.45) is 5.92 Å². The largest absolute Gasteiger partial charge is 0.432 e. The van der Waals surface area contributed by atoms with Gasteiger partial charge in [0, 0.05) is 76.7 Å². The molecule has 4 atom stereocenters. The number of hydrogen-bond donors (Lipinski definition) is 6. The zero-order chi connectivity index (χ0) is 39.8. The molecule has 2 aliphatic rings. The predicted octanol–water partition coefficient (Wildman–Crippen LogP) is 4.92. The number of carbonyl (C=O) groups is 3. The van der Waals surface area contributed by atoms with E-state index in [9.17, 15) is 19.5 Å². The summed E-state index contributed by atoms with van der Waals surface area (Å²) in [4.78, 5) is 54.7. The number of nitrogens with one attached hydrogen (secondary N) is 2. The zero-order valence-corrected chi connectivity index (χ0v) is 32.5. The van der Waals surface area contributed by atoms with Crippen LogP contribution in [0.3, 0.4) is 0 Å². The highest BCUT2D eigenvalue weighted by Gasteiger charge is 2.66. The van der Waals surface area contributed by atoms with Crippen LogP contribution < -0.4 is 27.0 Å². The van der Waals surface area contributed by atoms with Crippen LogP contribution in [-0.2, 0) is 34.6 Å². The smallest absolute Gasteiger partial charge is 0.264 e. The molecule has 56 heavy (non-hydrogen) atoms. The highest BCUT2D eigenvalue weighted by atomic mass is 28.4. The van der Waals surface area contributed by atoms with Crippen molar-refractivity contribution in [3.63, 3.8) is 0 Å². The third-order valence-corrected chi connectivity index (χ3v) is 13.2. The van der Waals surface area contributed by atoms with Gasteiger partial charge in [0.25, 0.3) is 17.7 Å². The molecule has 0 unspecified atom stereocenters. The second-order valence-electron chi connectivity index (χ2n) is 15.1. The van der Waals surface area contributed by atoms with E-state index in [0.717, 1.165) is 5.56 Å². The Hall–Kier alpha value is -5.87. The molecule has 15 heteroatoms. The molecule has 14 nitrogen and oxygen atoms in total. The van der Waals surface area contributed by atoms with Crippen LogP contribution in [0, 0.1) is 5.92 Å². The Morgan fingerprint density at radius 3 is 2.07 bits per heavy atom. The lowest BCUT2D eigenvalue weighted by molar-refractivity contribution is -0.146. The van der Waals surface area contributed by atoms with Gasteiger partial charge in [0.2, 0.25) is 0 Å². The average molecular weight is 775 g/mol. The van der Waals surface area contributed by atoms with Crippen molar-refractivity contribution < 1.29 is 29.0 Å². The Kier molecular flexibility index (Phi) is 10.5. The van der Waals surface area contributed by atoms with Gasteiger partial charge in [-0.15, -0.1) is 5.10 Å². The Balaban J connectivity index is 1.20. The fourth-order valence-corrected chi connectivity index (χ4v) is 10.7. The highest BCUT2D eigenvalue weighted by molar-refractivity contribution is 6.71. The molecule has 1 saturated heterocycles. The van der Waals surface area contributed by atoms with Crippen molar-refractivity contribution in [1.29, 1.82) is 0 Å². The summed E-state index contributed by atoms with van der Waals surface area (Å²) in [6, 6.07) is 25.9. The molecule has 0 bridgehead atoms. The van der Waals surface area contributed by atoms with Crippen molar-refractivity contribution in [2.45, 2.75) is 63.2 Å². The van der Waals surface area contributed by atoms with Gasteiger partial charge in [0.15, 0.2) is 13.9 Å². The Morgan fingerprint density at radius 2 is 1.48 bits per heavy atom. The third kappa shape index (κ3) is 7.53. The van der Waals surface area contributed by atoms with Gasteiger partial charge in [-0.3, -0.25) is 19.1 Å². The number of aromatic nitrogens is 3. The Bertz CT molecular complexity index is 2240. The number of carbonyl (C=O) groups excluding carboxylic acids is 3. The van der Waals surface area contributed by atoms with Crippen LogP contribution in [-0.4, -0.2) is 63.6 Å². The number of aliphatic hydroxyl groups excluding tert-OH is 1. The number of amides is 3. The number of nitrogen functional groups attached to an aromatic ring is 2. The number of ether oxygens (including phenoxy) is 1. The molecule has 4 aromatic carbocycles. The molecule has 0 aliphatic carbocycles. The fourth-order valence-electron chi connectivity index (χ4n) is 8.07. The number of rotatable bonds is 12. The molecule has 3 amide bonds. The first-order valence-electron chi connectivity index (χ1n) is 18.6. The molecule has 0 radical (unpaired) electrons. The summed E-state index contributed by atoms with van der Waals surface area (Å²) < 4.78 is 8.71. The molecular formula is C41H46N8O6Si. The molecule has 5 aromatic rings. The number of anilines is 5. The van der Waals surface area contributed by atoms with Crippen LogP contribution in [0.15, 0.2) is 97.2 Å². The van der Waals surface area contributed by atoms with E-state index < -0.39 is 25.9 Å². The number of fused-ring (bicyclic) bond motifs is 2. The number of nitrogens with two attached hydrogens (primary N) is 2. The summed E-state index contributed by atoms with van der Waals surface area (Å²) in [7, 11) is -2.97. The van der Waals surface area contributed by atoms with Crippen LogP contribution in [0.1, 0.15) is 50.9 Å². The molecule has 8 N–H and O–H groups in total. The van der Waals surface area contributed by atoms with Gasteiger partial charge in [-0.25, -0.2) is 0 Å². The molecule has 0 saturated carbocycles. The highest BCUT2D eigenvalue weighted by Crippen LogP contribution is 2.60. The topological polar surface area (TPSA) is 211 Å². The maximum absolute atomic E-state index is 15.1. The first-order chi connectivity index (χ1) is 26.8. The molecule has 290 valence electrons. The van der Waals surface area contributed by atoms with Gasteiger partial charge < -0.3 is 41.6 Å². The quantitative estimate of drug-likeness (QED) is 0.0745. The summed E-state index contributed by atoms with van der Waals surface area (Å²) in [5, 5.41) is 23.6. The minimum Gasteiger partial charge on any atom is -0.432 e. The van der Waals surface area contributed by atoms with Crippen LogP contribution in [0.2, 0.25) is 18.6 Å². The van der Waals surface area contributed by atoms with E-state index in [0.29, 0.717) is 70.2 Å². The minimum absolute atomic E-state index is 0.0392. The van der Waals surface area contributed by atoms with Crippen LogP contribution in [0.25, 0.3) is 0 Å². The van der Waals surface area contributed by atoms with Crippen LogP contribution >= 0.6 is 0 Å². The maximum Gasteiger partial charge on any atom is 0.264 e. The monoisotopic (exact) mass is 774 g/mol. The minimum atomic E-state index is -2.97. The van der Waals surface area contributed by atoms with Gasteiger partial charge in [0.1, 0.15) is 0 Å². The average Bonchev–Trinajstić information content (AvgIpc) is 3.81. The SMILES string of the molecule is C[C@H]1[C@H]([Si](C)(C)O)[C@@H](CCn2cc(CCO)nn2)O[C@]12C(=O)N(Cc1ccc(NC(=O)c3ccc(N)cc3)cc1)c1ccc(NC(=O)c3ccc(N)cc3)cc12. The summed E-state index contributed by atoms with van der Waals surface area (Å²) >= 11 is 0. The van der Waals surface area contributed by atoms with E-state index >= 15 is 4.79 Å². The third-order valence-electron chi connectivity index (χ3n) is 10.7. The first kappa shape index (κ1) is 38.4. The van der Waals surface area contributed by atoms with Crippen molar-refractivity contribution >= 4 is 54.5 Å². The van der Waals surface area contributed by atoms with Crippen LogP contribution in [0.5, 0.6) is 0 Å². The lowest BCUT2D eigenvalue weighted by Gasteiger charge is -2.32. The van der Waals surface area contributed by atoms with Gasteiger partial charge in [0.05, 0.1) is 24.0 Å².